The molecule has 0 aliphatic carbocycles. The molecule has 8 aromatic carbocycles. The van der Waals surface area contributed by atoms with Gasteiger partial charge in [-0.1, -0.05) is 103 Å². The van der Waals surface area contributed by atoms with Gasteiger partial charge in [-0.3, -0.25) is 0 Å². The van der Waals surface area contributed by atoms with E-state index in [1.54, 1.807) is 0 Å². The number of hydrogen-bond acceptors (Lipinski definition) is 4. The van der Waals surface area contributed by atoms with Gasteiger partial charge in [0.15, 0.2) is 5.58 Å². The van der Waals surface area contributed by atoms with Gasteiger partial charge < -0.3 is 13.9 Å². The summed E-state index contributed by atoms with van der Waals surface area (Å²) in [6, 6.07) is 62.6. The van der Waals surface area contributed by atoms with Crippen molar-refractivity contribution in [3.63, 3.8) is 0 Å². The monoisotopic (exact) mass is 683 g/mol. The number of anilines is 3. The van der Waals surface area contributed by atoms with E-state index in [0.717, 1.165) is 50.2 Å². The van der Waals surface area contributed by atoms with Crippen LogP contribution in [0.5, 0.6) is 0 Å². The first kappa shape index (κ1) is 29.1. The van der Waals surface area contributed by atoms with Crippen molar-refractivity contribution < 1.29 is 4.42 Å². The van der Waals surface area contributed by atoms with Gasteiger partial charge >= 0.3 is 0 Å². The number of para-hydroxylation sites is 2. The Morgan fingerprint density at radius 1 is 0.481 bits per heavy atom. The highest BCUT2D eigenvalue weighted by atomic mass is 32.1. The second-order valence-corrected chi connectivity index (χ2v) is 14.3. The molecular weight excluding hydrogens is 655 g/mol. The Balaban J connectivity index is 1.20. The van der Waals surface area contributed by atoms with E-state index in [2.05, 4.69) is 155 Å². The summed E-state index contributed by atoms with van der Waals surface area (Å²) in [5.41, 5.74) is 9.24. The molecule has 3 heterocycles. The van der Waals surface area contributed by atoms with Gasteiger partial charge in [-0.05, 0) is 66.7 Å². The molecule has 0 radical (unpaired) electrons. The molecular formula is C47H29N3OS. The molecule has 0 fully saturated rings. The van der Waals surface area contributed by atoms with Crippen molar-refractivity contribution in [1.82, 2.24) is 9.55 Å². The molecule has 244 valence electrons. The first-order valence-electron chi connectivity index (χ1n) is 17.5. The summed E-state index contributed by atoms with van der Waals surface area (Å²) in [7, 11) is 0. The van der Waals surface area contributed by atoms with E-state index in [1.807, 2.05) is 41.7 Å². The summed E-state index contributed by atoms with van der Waals surface area (Å²) in [6.07, 6.45) is 0. The summed E-state index contributed by atoms with van der Waals surface area (Å²) in [5, 5.41) is 7.13. The van der Waals surface area contributed by atoms with Crippen LogP contribution in [0.15, 0.2) is 180 Å². The molecule has 0 atom stereocenters. The molecule has 0 bridgehead atoms. The lowest BCUT2D eigenvalue weighted by molar-refractivity contribution is 0.620. The summed E-state index contributed by atoms with van der Waals surface area (Å²) in [4.78, 5) is 7.44. The first-order valence-corrected chi connectivity index (χ1v) is 18.3. The zero-order chi connectivity index (χ0) is 34.2. The van der Waals surface area contributed by atoms with Crippen LogP contribution in [0.1, 0.15) is 0 Å². The summed E-state index contributed by atoms with van der Waals surface area (Å²) in [5.74, 6) is 0.617. The minimum absolute atomic E-state index is 0.617. The Morgan fingerprint density at radius 2 is 1.12 bits per heavy atom. The van der Waals surface area contributed by atoms with Gasteiger partial charge in [-0.2, -0.15) is 0 Å². The van der Waals surface area contributed by atoms with Crippen LogP contribution in [-0.2, 0) is 0 Å². The van der Waals surface area contributed by atoms with E-state index in [-0.39, 0.29) is 0 Å². The summed E-state index contributed by atoms with van der Waals surface area (Å²) >= 11 is 1.84. The van der Waals surface area contributed by atoms with Crippen LogP contribution in [0.4, 0.5) is 17.1 Å². The number of nitrogens with zero attached hydrogens (tertiary/aromatic N) is 3. The third kappa shape index (κ3) is 4.43. The topological polar surface area (TPSA) is 34.2 Å². The number of fused-ring (bicyclic) bond motifs is 9. The lowest BCUT2D eigenvalue weighted by Crippen LogP contribution is -2.10. The van der Waals surface area contributed by atoms with Crippen LogP contribution in [0.25, 0.3) is 81.0 Å². The van der Waals surface area contributed by atoms with E-state index in [0.29, 0.717) is 5.89 Å². The lowest BCUT2D eigenvalue weighted by Gasteiger charge is -2.27. The van der Waals surface area contributed by atoms with Gasteiger partial charge in [-0.25, -0.2) is 4.98 Å². The average Bonchev–Trinajstić information content (AvgIpc) is 3.90. The second kappa shape index (κ2) is 11.4. The highest BCUT2D eigenvalue weighted by Gasteiger charge is 2.23. The Kier molecular flexibility index (Phi) is 6.39. The highest BCUT2D eigenvalue weighted by Crippen LogP contribution is 2.46. The molecule has 0 aliphatic heterocycles. The van der Waals surface area contributed by atoms with Crippen molar-refractivity contribution in [2.75, 3.05) is 4.90 Å². The maximum atomic E-state index is 6.58. The van der Waals surface area contributed by atoms with E-state index < -0.39 is 0 Å². The van der Waals surface area contributed by atoms with Gasteiger partial charge in [0.25, 0.3) is 0 Å². The van der Waals surface area contributed by atoms with Crippen molar-refractivity contribution in [3.05, 3.63) is 176 Å². The molecule has 0 aliphatic rings. The Labute approximate surface area is 303 Å². The minimum atomic E-state index is 0.617. The van der Waals surface area contributed by atoms with Crippen LogP contribution in [0.2, 0.25) is 0 Å². The Hall–Kier alpha value is -6.69. The molecule has 0 N–H and O–H groups in total. The van der Waals surface area contributed by atoms with Gasteiger partial charge in [0.1, 0.15) is 5.52 Å². The standard InChI is InChI=1S/C47H29N3OS/c1-3-13-30(14-4-1)47-48-46-38-20-8-7-17-34(38)42(29-43(46)51-47)49(33-23-25-37-36-19-10-12-22-44(36)52-45(37)28-33)32-24-26-41-39(27-32)35-18-9-11-21-40(35)50(41)31-15-5-2-6-16-31/h1-29H. The maximum Gasteiger partial charge on any atom is 0.227 e. The Morgan fingerprint density at radius 3 is 1.96 bits per heavy atom. The highest BCUT2D eigenvalue weighted by molar-refractivity contribution is 7.25. The van der Waals surface area contributed by atoms with E-state index >= 15 is 0 Å². The Bertz CT molecular complexity index is 3140. The van der Waals surface area contributed by atoms with Gasteiger partial charge in [0.05, 0.1) is 16.7 Å². The molecule has 0 amide bonds. The van der Waals surface area contributed by atoms with Crippen LogP contribution in [0, 0.1) is 0 Å². The quantitative estimate of drug-likeness (QED) is 0.181. The number of benzene rings is 8. The van der Waals surface area contributed by atoms with E-state index in [1.165, 1.54) is 42.0 Å². The van der Waals surface area contributed by atoms with Gasteiger partial charge in [0, 0.05) is 70.4 Å². The van der Waals surface area contributed by atoms with Crippen molar-refractivity contribution in [3.8, 4) is 17.1 Å². The largest absolute Gasteiger partial charge is 0.436 e. The predicted molar refractivity (Wildman–Crippen MR) is 219 cm³/mol. The third-order valence-corrected chi connectivity index (χ3v) is 11.3. The molecule has 11 rings (SSSR count). The number of hydrogen-bond donors (Lipinski definition) is 0. The number of aromatic nitrogens is 2. The maximum absolute atomic E-state index is 6.58. The van der Waals surface area contributed by atoms with Gasteiger partial charge in [0.2, 0.25) is 5.89 Å². The first-order chi connectivity index (χ1) is 25.8. The SMILES string of the molecule is c1ccc(-c2nc3c(cc(N(c4ccc5c(c4)sc4ccccc45)c4ccc5c(c4)c4ccccc4n5-c4ccccc4)c4ccccc43)o2)cc1. The van der Waals surface area contributed by atoms with Crippen molar-refractivity contribution in [1.29, 1.82) is 0 Å². The smallest absolute Gasteiger partial charge is 0.227 e. The molecule has 0 saturated carbocycles. The molecule has 4 nitrogen and oxygen atoms in total. The van der Waals surface area contributed by atoms with Crippen molar-refractivity contribution in [2.45, 2.75) is 0 Å². The zero-order valence-electron chi connectivity index (χ0n) is 27.9. The summed E-state index contributed by atoms with van der Waals surface area (Å²) in [6.45, 7) is 0. The average molecular weight is 684 g/mol. The van der Waals surface area contributed by atoms with Crippen LogP contribution >= 0.6 is 11.3 Å². The molecule has 0 unspecified atom stereocenters. The fourth-order valence-electron chi connectivity index (χ4n) is 7.86. The lowest BCUT2D eigenvalue weighted by atomic mass is 10.0. The number of thiophene rings is 1. The van der Waals surface area contributed by atoms with Crippen LogP contribution in [-0.4, -0.2) is 9.55 Å². The van der Waals surface area contributed by atoms with Crippen LogP contribution in [0.3, 0.4) is 0 Å². The van der Waals surface area contributed by atoms with Crippen LogP contribution < -0.4 is 4.90 Å². The molecule has 0 saturated heterocycles. The molecule has 11 aromatic rings. The summed E-state index contributed by atoms with van der Waals surface area (Å²) < 4.78 is 11.5. The minimum Gasteiger partial charge on any atom is -0.436 e. The van der Waals surface area contributed by atoms with Crippen molar-refractivity contribution >= 4 is 92.2 Å². The number of oxazole rings is 1. The fourth-order valence-corrected chi connectivity index (χ4v) is 9.00. The number of rotatable bonds is 5. The molecule has 5 heteroatoms. The molecule has 0 spiro atoms. The predicted octanol–water partition coefficient (Wildman–Crippen LogP) is 13.6. The normalized spacial score (nSPS) is 11.8. The van der Waals surface area contributed by atoms with E-state index in [4.69, 9.17) is 9.40 Å². The molecule has 3 aromatic heterocycles. The fraction of sp³-hybridized carbons (Fsp3) is 0. The van der Waals surface area contributed by atoms with Gasteiger partial charge in [-0.15, -0.1) is 11.3 Å². The van der Waals surface area contributed by atoms with E-state index in [9.17, 15) is 0 Å². The van der Waals surface area contributed by atoms with Crippen molar-refractivity contribution in [2.24, 2.45) is 0 Å². The molecule has 52 heavy (non-hydrogen) atoms. The zero-order valence-corrected chi connectivity index (χ0v) is 28.7. The third-order valence-electron chi connectivity index (χ3n) is 10.2. The second-order valence-electron chi connectivity index (χ2n) is 13.2.